The summed E-state index contributed by atoms with van der Waals surface area (Å²) in [6.07, 6.45) is 2.61. The van der Waals surface area contributed by atoms with E-state index in [1.165, 1.54) is 0 Å². The van der Waals surface area contributed by atoms with Crippen LogP contribution in [0, 0.1) is 0 Å². The zero-order valence-corrected chi connectivity index (χ0v) is 25.8. The molecular weight excluding hydrogens is 544 g/mol. The zero-order chi connectivity index (χ0) is 31.4. The highest BCUT2D eigenvalue weighted by Crippen LogP contribution is 2.13. The van der Waals surface area contributed by atoms with Gasteiger partial charge in [-0.3, -0.25) is 14.4 Å². The number of rotatable bonds is 23. The number of likely N-dealkylation sites (N-methyl/N-ethyl adjacent to an activating group) is 2. The van der Waals surface area contributed by atoms with Crippen LogP contribution in [0.2, 0.25) is 0 Å². The van der Waals surface area contributed by atoms with Crippen LogP contribution < -0.4 is 11.1 Å². The third-order valence-electron chi connectivity index (χ3n) is 7.10. The van der Waals surface area contributed by atoms with Crippen molar-refractivity contribution in [1.82, 2.24) is 5.32 Å². The van der Waals surface area contributed by atoms with E-state index in [9.17, 15) is 19.5 Å². The maximum atomic E-state index is 12.3. The van der Waals surface area contributed by atoms with E-state index in [1.54, 1.807) is 24.3 Å². The molecule has 0 saturated carbocycles. The van der Waals surface area contributed by atoms with Gasteiger partial charge < -0.3 is 44.8 Å². The molecule has 1 aromatic carbocycles. The highest BCUT2D eigenvalue weighted by molar-refractivity contribution is 5.94. The third-order valence-corrected chi connectivity index (χ3v) is 7.10. The second-order valence-corrected chi connectivity index (χ2v) is 11.8. The number of amides is 1. The van der Waals surface area contributed by atoms with E-state index in [1.807, 2.05) is 21.1 Å². The molecule has 12 nitrogen and oxygen atoms in total. The van der Waals surface area contributed by atoms with Crippen LogP contribution in [0.5, 0.6) is 0 Å². The number of ether oxygens (including phenoxy) is 2. The molecule has 1 amide bonds. The van der Waals surface area contributed by atoms with Crippen LogP contribution in [0.3, 0.4) is 0 Å². The first-order valence-corrected chi connectivity index (χ1v) is 14.9. The molecule has 0 heterocycles. The Balaban J connectivity index is 2.62. The van der Waals surface area contributed by atoms with Crippen LogP contribution >= 0.6 is 0 Å². The van der Waals surface area contributed by atoms with E-state index in [2.05, 4.69) is 5.32 Å². The minimum absolute atomic E-state index is 0.0492. The number of esters is 2. The molecule has 42 heavy (non-hydrogen) atoms. The first-order valence-electron chi connectivity index (χ1n) is 14.9. The van der Waals surface area contributed by atoms with Crippen molar-refractivity contribution in [3.63, 3.8) is 0 Å². The monoisotopic (exact) mass is 598 g/mol. The summed E-state index contributed by atoms with van der Waals surface area (Å²) in [5.41, 5.74) is 6.83. The quantitative estimate of drug-likeness (QED) is 0.0527. The van der Waals surface area contributed by atoms with Crippen LogP contribution in [0.25, 0.3) is 0 Å². The summed E-state index contributed by atoms with van der Waals surface area (Å²) in [4.78, 5) is 36.9. The zero-order valence-electron chi connectivity index (χ0n) is 25.8. The highest BCUT2D eigenvalue weighted by Gasteiger charge is 2.31. The number of quaternary nitrogens is 2. The van der Waals surface area contributed by atoms with Gasteiger partial charge in [-0.1, -0.05) is 0 Å². The lowest BCUT2D eigenvalue weighted by molar-refractivity contribution is -0.925. The molecule has 0 aliphatic carbocycles. The number of nitrogens with zero attached hydrogens (tertiary/aromatic N) is 2. The van der Waals surface area contributed by atoms with Gasteiger partial charge in [-0.05, 0) is 49.9 Å². The van der Waals surface area contributed by atoms with E-state index in [4.69, 9.17) is 25.4 Å². The second kappa shape index (κ2) is 20.2. The van der Waals surface area contributed by atoms with Crippen molar-refractivity contribution < 1.29 is 48.1 Å². The molecule has 1 atom stereocenters. The molecular formula is C30H54N4O8+2. The minimum Gasteiger partial charge on any atom is -0.466 e. The van der Waals surface area contributed by atoms with Gasteiger partial charge in [0, 0.05) is 37.4 Å². The molecule has 1 unspecified atom stereocenters. The molecule has 0 aliphatic rings. The van der Waals surface area contributed by atoms with E-state index in [0.717, 1.165) is 13.0 Å². The smallest absolute Gasteiger partial charge is 0.311 e. The molecule has 0 aliphatic heterocycles. The lowest BCUT2D eigenvalue weighted by atomic mass is 10.2. The average Bonchev–Trinajstić information content (AvgIpc) is 2.93. The molecule has 0 radical (unpaired) electrons. The molecule has 0 aromatic heterocycles. The molecule has 1 rings (SSSR count). The van der Waals surface area contributed by atoms with Crippen LogP contribution in [0.1, 0.15) is 55.3 Å². The van der Waals surface area contributed by atoms with Gasteiger partial charge in [-0.2, -0.15) is 0 Å². The fourth-order valence-electron chi connectivity index (χ4n) is 4.63. The topological polar surface area (TPSA) is 168 Å². The predicted octanol–water partition coefficient (Wildman–Crippen LogP) is 0.684. The van der Waals surface area contributed by atoms with Gasteiger partial charge in [0.2, 0.25) is 0 Å². The normalized spacial score (nSPS) is 12.5. The fourth-order valence-corrected chi connectivity index (χ4v) is 4.63. The van der Waals surface area contributed by atoms with Crippen molar-refractivity contribution in [1.29, 1.82) is 0 Å². The van der Waals surface area contributed by atoms with E-state index >= 15 is 0 Å². The molecule has 1 aromatic rings. The van der Waals surface area contributed by atoms with Crippen molar-refractivity contribution in [2.75, 3.05) is 92.6 Å². The average molecular weight is 599 g/mol. The number of unbranched alkanes of at least 4 members (excludes halogenated alkanes) is 2. The SMILES string of the molecule is C[N+](C)(CCCNC(=O)c1ccc(N)cc1)CC(O)C[N+](C)(CCC(=O)OCCCCO)CCC(=O)OCCCCO. The molecule has 12 heteroatoms. The van der Waals surface area contributed by atoms with Crippen molar-refractivity contribution in [3.05, 3.63) is 29.8 Å². The number of aliphatic hydroxyl groups is 3. The second-order valence-electron chi connectivity index (χ2n) is 11.8. The first kappa shape index (κ1) is 37.3. The standard InChI is InChI=1S/C30H53N4O8/c1-33(2,16-8-15-32-30(40)25-9-11-26(31)12-10-25)23-27(37)24-34(3,17-13-28(38)41-21-6-4-19-35)18-14-29(39)42-22-7-5-20-36/h9-12,27,35-37H,4-8,13-24H2,1-3H3,(H2-,31,32,40)/q+1/p+1. The Morgan fingerprint density at radius 3 is 1.83 bits per heavy atom. The number of aliphatic hydroxyl groups excluding tert-OH is 3. The third kappa shape index (κ3) is 17.2. The van der Waals surface area contributed by atoms with Gasteiger partial charge in [0.1, 0.15) is 13.1 Å². The van der Waals surface area contributed by atoms with Crippen molar-refractivity contribution in [2.45, 2.75) is 51.0 Å². The highest BCUT2D eigenvalue weighted by atomic mass is 16.5. The maximum Gasteiger partial charge on any atom is 0.311 e. The Hall–Kier alpha value is -2.77. The Bertz CT molecular complexity index is 898. The van der Waals surface area contributed by atoms with Crippen molar-refractivity contribution in [3.8, 4) is 0 Å². The summed E-state index contributed by atoms with van der Waals surface area (Å²) in [7, 11) is 5.94. The molecule has 0 saturated heterocycles. The number of nitrogens with one attached hydrogen (secondary N) is 1. The Morgan fingerprint density at radius 1 is 0.810 bits per heavy atom. The Morgan fingerprint density at radius 2 is 1.33 bits per heavy atom. The first-order chi connectivity index (χ1) is 19.9. The van der Waals surface area contributed by atoms with Crippen LogP contribution in [0.4, 0.5) is 5.69 Å². The molecule has 6 N–H and O–H groups in total. The molecule has 0 spiro atoms. The van der Waals surface area contributed by atoms with Crippen molar-refractivity contribution >= 4 is 23.5 Å². The van der Waals surface area contributed by atoms with Crippen LogP contribution in [-0.4, -0.2) is 135 Å². The largest absolute Gasteiger partial charge is 0.466 e. The lowest BCUT2D eigenvalue weighted by Crippen LogP contribution is -2.55. The number of nitrogens with two attached hydrogens (primary N) is 1. The number of carbonyl (C=O) groups excluding carboxylic acids is 3. The molecule has 0 fully saturated rings. The van der Waals surface area contributed by atoms with E-state index in [0.29, 0.717) is 74.1 Å². The van der Waals surface area contributed by atoms with E-state index in [-0.39, 0.29) is 61.6 Å². The predicted molar refractivity (Wildman–Crippen MR) is 160 cm³/mol. The number of anilines is 1. The Kier molecular flexibility index (Phi) is 17.9. The summed E-state index contributed by atoms with van der Waals surface area (Å²) in [6.45, 7) is 3.38. The van der Waals surface area contributed by atoms with Crippen LogP contribution in [-0.2, 0) is 19.1 Å². The lowest BCUT2D eigenvalue weighted by Gasteiger charge is -2.38. The maximum absolute atomic E-state index is 12.3. The summed E-state index contributed by atoms with van der Waals surface area (Å²) in [5, 5.41) is 31.8. The summed E-state index contributed by atoms with van der Waals surface area (Å²) in [5.74, 6) is -0.863. The van der Waals surface area contributed by atoms with E-state index < -0.39 is 6.10 Å². The number of carbonyl (C=O) groups is 3. The summed E-state index contributed by atoms with van der Waals surface area (Å²) in [6, 6.07) is 6.74. The number of benzene rings is 1. The fraction of sp³-hybridized carbons (Fsp3) is 0.700. The van der Waals surface area contributed by atoms with Gasteiger partial charge in [0.25, 0.3) is 5.91 Å². The Labute approximate surface area is 250 Å². The number of hydrogen-bond donors (Lipinski definition) is 5. The molecule has 0 bridgehead atoms. The van der Waals surface area contributed by atoms with Crippen molar-refractivity contribution in [2.24, 2.45) is 0 Å². The van der Waals surface area contributed by atoms with Gasteiger partial charge >= 0.3 is 11.9 Å². The van der Waals surface area contributed by atoms with Crippen LogP contribution in [0.15, 0.2) is 24.3 Å². The summed E-state index contributed by atoms with van der Waals surface area (Å²) >= 11 is 0. The van der Waals surface area contributed by atoms with Gasteiger partial charge in [-0.15, -0.1) is 0 Å². The van der Waals surface area contributed by atoms with Gasteiger partial charge in [0.05, 0.1) is 66.8 Å². The molecule has 240 valence electrons. The minimum atomic E-state index is -0.699. The summed E-state index contributed by atoms with van der Waals surface area (Å²) < 4.78 is 11.3. The van der Waals surface area contributed by atoms with Gasteiger partial charge in [0.15, 0.2) is 6.10 Å². The van der Waals surface area contributed by atoms with Gasteiger partial charge in [-0.25, -0.2) is 0 Å². The number of nitrogen functional groups attached to an aromatic ring is 1. The number of hydrogen-bond acceptors (Lipinski definition) is 9.